The van der Waals surface area contributed by atoms with E-state index in [0.29, 0.717) is 23.8 Å². The number of carbonyl (C=O) groups excluding carboxylic acids is 2. The molecule has 24 heavy (non-hydrogen) atoms. The second-order valence-corrected chi connectivity index (χ2v) is 8.52. The number of hydrogen-bond acceptors (Lipinski definition) is 3. The fraction of sp³-hybridized carbons (Fsp3) is 0.529. The molecule has 0 radical (unpaired) electrons. The van der Waals surface area contributed by atoms with Crippen molar-refractivity contribution in [2.45, 2.75) is 33.3 Å². The molecule has 0 aromatic carbocycles. The summed E-state index contributed by atoms with van der Waals surface area (Å²) in [6.45, 7) is 8.22. The molecule has 2 amide bonds. The minimum atomic E-state index is -0.531. The Hall–Kier alpha value is -1.02. The summed E-state index contributed by atoms with van der Waals surface area (Å²) in [5.41, 5.74) is 0.165. The van der Waals surface area contributed by atoms with Gasteiger partial charge in [-0.15, -0.1) is 0 Å². The molecular formula is C17H22ClIN2O3. The number of ether oxygens (including phenoxy) is 1. The summed E-state index contributed by atoms with van der Waals surface area (Å²) in [5, 5.41) is 3.54. The van der Waals surface area contributed by atoms with Crippen molar-refractivity contribution in [3.8, 4) is 0 Å². The standard InChI is InChI=1S/C17H22ClIN2O3/c1-10-5-6-13(14(19)12(18)7-10)20-15(22)11-8-21(9-11)16(23)24-17(2,3)4/h5-7,10-11H,8-9H2,1-4H3,(H,20,22)/t10-/m0/s1. The molecule has 1 aliphatic heterocycles. The maximum Gasteiger partial charge on any atom is 0.410 e. The first-order chi connectivity index (χ1) is 11.1. The average Bonchev–Trinajstić information content (AvgIpc) is 2.48. The number of likely N-dealkylation sites (tertiary alicyclic amines) is 1. The van der Waals surface area contributed by atoms with Gasteiger partial charge in [0.05, 0.1) is 20.2 Å². The van der Waals surface area contributed by atoms with E-state index in [9.17, 15) is 9.59 Å². The van der Waals surface area contributed by atoms with Gasteiger partial charge in [0.25, 0.3) is 0 Å². The summed E-state index contributed by atoms with van der Waals surface area (Å²) in [6, 6.07) is 0. The summed E-state index contributed by atoms with van der Waals surface area (Å²) < 4.78 is 6.10. The van der Waals surface area contributed by atoms with E-state index in [1.54, 1.807) is 0 Å². The largest absolute Gasteiger partial charge is 0.444 e. The summed E-state index contributed by atoms with van der Waals surface area (Å²) in [7, 11) is 0. The van der Waals surface area contributed by atoms with Gasteiger partial charge in [0.2, 0.25) is 5.91 Å². The highest BCUT2D eigenvalue weighted by Crippen LogP contribution is 2.30. The minimum Gasteiger partial charge on any atom is -0.444 e. The number of allylic oxidation sites excluding steroid dienone is 5. The number of rotatable bonds is 2. The van der Waals surface area contributed by atoms with Gasteiger partial charge in [-0.2, -0.15) is 0 Å². The quantitative estimate of drug-likeness (QED) is 0.630. The molecule has 5 nitrogen and oxygen atoms in total. The zero-order valence-electron chi connectivity index (χ0n) is 14.2. The van der Waals surface area contributed by atoms with Gasteiger partial charge in [0.1, 0.15) is 5.60 Å². The first kappa shape index (κ1) is 19.3. The van der Waals surface area contributed by atoms with Crippen LogP contribution in [0, 0.1) is 11.8 Å². The zero-order valence-corrected chi connectivity index (χ0v) is 17.1. The highest BCUT2D eigenvalue weighted by atomic mass is 127. The summed E-state index contributed by atoms with van der Waals surface area (Å²) in [6.07, 6.45) is 5.42. The SMILES string of the molecule is C[C@H]1C=CC(NC(=O)C2CN(C(=O)OC(C)(C)C)C2)=C(I)C(Cl)=C1. The predicted molar refractivity (Wildman–Crippen MR) is 103 cm³/mol. The highest BCUT2D eigenvalue weighted by Gasteiger charge is 2.38. The van der Waals surface area contributed by atoms with Crippen molar-refractivity contribution in [3.05, 3.63) is 32.5 Å². The summed E-state index contributed by atoms with van der Waals surface area (Å²) >= 11 is 8.36. The van der Waals surface area contributed by atoms with E-state index < -0.39 is 5.60 Å². The smallest absolute Gasteiger partial charge is 0.410 e. The number of hydrogen-bond donors (Lipinski definition) is 1. The van der Waals surface area contributed by atoms with E-state index in [1.165, 1.54) is 4.90 Å². The zero-order chi connectivity index (χ0) is 18.1. The molecule has 1 fully saturated rings. The topological polar surface area (TPSA) is 58.6 Å². The first-order valence-electron chi connectivity index (χ1n) is 7.81. The molecule has 2 aliphatic rings. The lowest BCUT2D eigenvalue weighted by Crippen LogP contribution is -2.56. The number of nitrogens with one attached hydrogen (secondary N) is 1. The van der Waals surface area contributed by atoms with Gasteiger partial charge in [-0.3, -0.25) is 4.79 Å². The fourth-order valence-electron chi connectivity index (χ4n) is 2.26. The number of nitrogens with zero attached hydrogens (tertiary/aromatic N) is 1. The fourth-order valence-corrected chi connectivity index (χ4v) is 3.06. The summed E-state index contributed by atoms with van der Waals surface area (Å²) in [5.74, 6) is -0.128. The van der Waals surface area contributed by atoms with Crippen molar-refractivity contribution in [2.24, 2.45) is 11.8 Å². The van der Waals surface area contributed by atoms with E-state index in [0.717, 1.165) is 3.58 Å². The van der Waals surface area contributed by atoms with Crippen LogP contribution in [0.4, 0.5) is 4.79 Å². The molecule has 7 heteroatoms. The molecular weight excluding hydrogens is 443 g/mol. The van der Waals surface area contributed by atoms with Gasteiger partial charge in [-0.25, -0.2) is 4.79 Å². The number of halogens is 2. The van der Waals surface area contributed by atoms with Gasteiger partial charge in [-0.1, -0.05) is 30.7 Å². The minimum absolute atomic E-state index is 0.109. The van der Waals surface area contributed by atoms with Crippen LogP contribution in [-0.4, -0.2) is 35.6 Å². The van der Waals surface area contributed by atoms with Crippen LogP contribution in [0.25, 0.3) is 0 Å². The van der Waals surface area contributed by atoms with Crippen LogP contribution < -0.4 is 5.32 Å². The maximum atomic E-state index is 12.4. The van der Waals surface area contributed by atoms with E-state index in [-0.39, 0.29) is 23.8 Å². The van der Waals surface area contributed by atoms with Gasteiger partial charge in [-0.05, 0) is 55.4 Å². The van der Waals surface area contributed by atoms with Crippen molar-refractivity contribution in [1.29, 1.82) is 0 Å². The van der Waals surface area contributed by atoms with Crippen molar-refractivity contribution in [2.75, 3.05) is 13.1 Å². The van der Waals surface area contributed by atoms with Gasteiger partial charge >= 0.3 is 6.09 Å². The van der Waals surface area contributed by atoms with E-state index in [4.69, 9.17) is 16.3 Å². The van der Waals surface area contributed by atoms with E-state index in [2.05, 4.69) is 27.9 Å². The Morgan fingerprint density at radius 1 is 1.38 bits per heavy atom. The van der Waals surface area contributed by atoms with Crippen LogP contribution in [0.1, 0.15) is 27.7 Å². The Labute approximate surface area is 161 Å². The Morgan fingerprint density at radius 3 is 2.58 bits per heavy atom. The molecule has 132 valence electrons. The number of carbonyl (C=O) groups is 2. The number of amides is 2. The Balaban J connectivity index is 1.91. The molecule has 1 heterocycles. The second-order valence-electron chi connectivity index (χ2n) is 7.03. The van der Waals surface area contributed by atoms with Crippen molar-refractivity contribution >= 4 is 46.2 Å². The molecule has 0 saturated carbocycles. The molecule has 0 aromatic heterocycles. The lowest BCUT2D eigenvalue weighted by atomic mass is 10.00. The third-order valence-corrected chi connectivity index (χ3v) is 5.38. The van der Waals surface area contributed by atoms with Crippen molar-refractivity contribution < 1.29 is 14.3 Å². The Morgan fingerprint density at radius 2 is 2.00 bits per heavy atom. The van der Waals surface area contributed by atoms with Crippen LogP contribution in [0.3, 0.4) is 0 Å². The van der Waals surface area contributed by atoms with Gasteiger partial charge < -0.3 is 15.0 Å². The lowest BCUT2D eigenvalue weighted by Gasteiger charge is -2.38. The van der Waals surface area contributed by atoms with E-state index >= 15 is 0 Å². The molecule has 1 atom stereocenters. The average molecular weight is 465 g/mol. The maximum absolute atomic E-state index is 12.4. The van der Waals surface area contributed by atoms with Gasteiger partial charge in [0.15, 0.2) is 0 Å². The van der Waals surface area contributed by atoms with E-state index in [1.807, 2.05) is 45.9 Å². The van der Waals surface area contributed by atoms with Crippen LogP contribution in [0.5, 0.6) is 0 Å². The molecule has 0 spiro atoms. The van der Waals surface area contributed by atoms with Crippen LogP contribution >= 0.6 is 34.2 Å². The van der Waals surface area contributed by atoms with Crippen LogP contribution in [-0.2, 0) is 9.53 Å². The molecule has 2 rings (SSSR count). The van der Waals surface area contributed by atoms with Crippen molar-refractivity contribution in [3.63, 3.8) is 0 Å². The monoisotopic (exact) mass is 464 g/mol. The summed E-state index contributed by atoms with van der Waals surface area (Å²) in [4.78, 5) is 25.8. The first-order valence-corrected chi connectivity index (χ1v) is 9.27. The van der Waals surface area contributed by atoms with Crippen molar-refractivity contribution in [1.82, 2.24) is 10.2 Å². The third kappa shape index (κ3) is 4.99. The Kier molecular flexibility index (Phi) is 6.01. The Bertz CT molecular complexity index is 628. The molecule has 0 unspecified atom stereocenters. The molecule has 1 aliphatic carbocycles. The molecule has 0 aromatic rings. The normalized spacial score (nSPS) is 21.8. The molecule has 0 bridgehead atoms. The predicted octanol–water partition coefficient (Wildman–Crippen LogP) is 3.94. The molecule has 1 saturated heterocycles. The van der Waals surface area contributed by atoms with Crippen LogP contribution in [0.15, 0.2) is 32.5 Å². The van der Waals surface area contributed by atoms with Gasteiger partial charge in [0, 0.05) is 13.1 Å². The molecule has 1 N–H and O–H groups in total. The highest BCUT2D eigenvalue weighted by molar-refractivity contribution is 14.1. The third-order valence-electron chi connectivity index (χ3n) is 3.58. The van der Waals surface area contributed by atoms with Crippen LogP contribution in [0.2, 0.25) is 0 Å². The lowest BCUT2D eigenvalue weighted by molar-refractivity contribution is -0.128. The second kappa shape index (κ2) is 7.47.